The number of rotatable bonds is 3. The first-order chi connectivity index (χ1) is 7.72. The second kappa shape index (κ2) is 4.83. The van der Waals surface area contributed by atoms with Crippen LogP contribution in [0.5, 0.6) is 5.75 Å². The van der Waals surface area contributed by atoms with E-state index >= 15 is 0 Å². The van der Waals surface area contributed by atoms with Crippen molar-refractivity contribution in [1.82, 2.24) is 5.32 Å². The molecule has 0 spiro atoms. The summed E-state index contributed by atoms with van der Waals surface area (Å²) in [6, 6.07) is 5.64. The van der Waals surface area contributed by atoms with Gasteiger partial charge in [-0.2, -0.15) is 0 Å². The Hall–Kier alpha value is -1.09. The van der Waals surface area contributed by atoms with Crippen LogP contribution in [0.25, 0.3) is 0 Å². The summed E-state index contributed by atoms with van der Waals surface area (Å²) in [5, 5.41) is 3.22. The van der Waals surface area contributed by atoms with Gasteiger partial charge in [0.15, 0.2) is 11.6 Å². The number of aryl methyl sites for hydroxylation is 1. The highest BCUT2D eigenvalue weighted by Gasteiger charge is 2.28. The van der Waals surface area contributed by atoms with Crippen LogP contribution >= 0.6 is 0 Å². The van der Waals surface area contributed by atoms with E-state index in [2.05, 4.69) is 5.32 Å². The lowest BCUT2D eigenvalue weighted by Crippen LogP contribution is -2.36. The first kappa shape index (κ1) is 11.4. The van der Waals surface area contributed by atoms with Gasteiger partial charge >= 0.3 is 0 Å². The number of nitrogens with one attached hydrogen (secondary N) is 1. The van der Waals surface area contributed by atoms with Crippen LogP contribution in [0.2, 0.25) is 0 Å². The normalized spacial score (nSPS) is 24.7. The molecule has 0 aromatic heterocycles. The predicted molar refractivity (Wildman–Crippen MR) is 62.3 cm³/mol. The Balaban J connectivity index is 2.11. The second-order valence-electron chi connectivity index (χ2n) is 4.37. The number of halogens is 1. The van der Waals surface area contributed by atoms with Gasteiger partial charge in [0.25, 0.3) is 0 Å². The Labute approximate surface area is 95.8 Å². The number of ether oxygens (including phenoxy) is 1. The van der Waals surface area contributed by atoms with Crippen LogP contribution in [0.4, 0.5) is 4.39 Å². The van der Waals surface area contributed by atoms with E-state index in [0.717, 1.165) is 19.3 Å². The number of benzene rings is 1. The molecular formula is C13H18FNO. The standard InChI is InChI=1S/C13H18FNO/c1-9-5-3-8-12(13(9)14)16-11-7-4-6-10(11)15-2/h3,5,8,10-11,15H,4,6-7H2,1-2H3. The molecule has 2 atom stereocenters. The molecule has 0 bridgehead atoms. The number of hydrogen-bond acceptors (Lipinski definition) is 2. The van der Waals surface area contributed by atoms with Crippen molar-refractivity contribution in [1.29, 1.82) is 0 Å². The lowest BCUT2D eigenvalue weighted by Gasteiger charge is -2.21. The molecule has 2 unspecified atom stereocenters. The molecule has 1 aromatic rings. The van der Waals surface area contributed by atoms with Gasteiger partial charge in [0.05, 0.1) is 0 Å². The Bertz CT molecular complexity index is 367. The predicted octanol–water partition coefficient (Wildman–Crippen LogP) is 2.65. The Morgan fingerprint density at radius 3 is 2.94 bits per heavy atom. The zero-order valence-electron chi connectivity index (χ0n) is 9.79. The molecule has 0 saturated heterocycles. The smallest absolute Gasteiger partial charge is 0.167 e. The minimum Gasteiger partial charge on any atom is -0.486 e. The van der Waals surface area contributed by atoms with E-state index < -0.39 is 0 Å². The van der Waals surface area contributed by atoms with Crippen LogP contribution < -0.4 is 10.1 Å². The van der Waals surface area contributed by atoms with Crippen LogP contribution in [0, 0.1) is 12.7 Å². The third kappa shape index (κ3) is 2.19. The molecule has 1 saturated carbocycles. The molecule has 1 fully saturated rings. The maximum atomic E-state index is 13.7. The lowest BCUT2D eigenvalue weighted by atomic mass is 10.2. The molecule has 1 aliphatic rings. The summed E-state index contributed by atoms with van der Waals surface area (Å²) in [7, 11) is 1.93. The summed E-state index contributed by atoms with van der Waals surface area (Å²) in [6.07, 6.45) is 3.35. The highest BCUT2D eigenvalue weighted by atomic mass is 19.1. The van der Waals surface area contributed by atoms with E-state index in [1.807, 2.05) is 13.1 Å². The van der Waals surface area contributed by atoms with Gasteiger partial charge in [0.2, 0.25) is 0 Å². The van der Waals surface area contributed by atoms with Crippen molar-refractivity contribution in [3.05, 3.63) is 29.6 Å². The fraction of sp³-hybridized carbons (Fsp3) is 0.538. The van der Waals surface area contributed by atoms with Gasteiger partial charge in [-0.25, -0.2) is 4.39 Å². The third-order valence-corrected chi connectivity index (χ3v) is 3.26. The van der Waals surface area contributed by atoms with Crippen molar-refractivity contribution in [2.24, 2.45) is 0 Å². The van der Waals surface area contributed by atoms with E-state index in [-0.39, 0.29) is 11.9 Å². The van der Waals surface area contributed by atoms with E-state index in [4.69, 9.17) is 4.74 Å². The topological polar surface area (TPSA) is 21.3 Å². The highest BCUT2D eigenvalue weighted by molar-refractivity contribution is 5.30. The fourth-order valence-electron chi connectivity index (χ4n) is 2.27. The quantitative estimate of drug-likeness (QED) is 0.850. The average molecular weight is 223 g/mol. The Kier molecular flexibility index (Phi) is 3.44. The first-order valence-electron chi connectivity index (χ1n) is 5.81. The molecule has 0 radical (unpaired) electrons. The molecule has 3 heteroatoms. The molecule has 0 aliphatic heterocycles. The molecular weight excluding hydrogens is 205 g/mol. The summed E-state index contributed by atoms with van der Waals surface area (Å²) < 4.78 is 19.5. The molecule has 2 nitrogen and oxygen atoms in total. The van der Waals surface area contributed by atoms with Crippen molar-refractivity contribution in [3.63, 3.8) is 0 Å². The molecule has 0 amide bonds. The summed E-state index contributed by atoms with van der Waals surface area (Å²) in [5.41, 5.74) is 0.636. The van der Waals surface area contributed by atoms with Gasteiger partial charge in [0.1, 0.15) is 6.10 Å². The van der Waals surface area contributed by atoms with Gasteiger partial charge < -0.3 is 10.1 Å². The fourth-order valence-corrected chi connectivity index (χ4v) is 2.27. The zero-order chi connectivity index (χ0) is 11.5. The van der Waals surface area contributed by atoms with Crippen LogP contribution in [0.3, 0.4) is 0 Å². The van der Waals surface area contributed by atoms with E-state index in [9.17, 15) is 4.39 Å². The third-order valence-electron chi connectivity index (χ3n) is 3.26. The number of likely N-dealkylation sites (N-methyl/N-ethyl adjacent to an activating group) is 1. The highest BCUT2D eigenvalue weighted by Crippen LogP contribution is 2.27. The summed E-state index contributed by atoms with van der Waals surface area (Å²) >= 11 is 0. The molecule has 1 N–H and O–H groups in total. The van der Waals surface area contributed by atoms with Crippen molar-refractivity contribution >= 4 is 0 Å². The van der Waals surface area contributed by atoms with Gasteiger partial charge in [0, 0.05) is 6.04 Å². The summed E-state index contributed by atoms with van der Waals surface area (Å²) in [5.74, 6) is 0.149. The van der Waals surface area contributed by atoms with Crippen LogP contribution in [-0.4, -0.2) is 19.2 Å². The molecule has 2 rings (SSSR count). The van der Waals surface area contributed by atoms with Crippen LogP contribution in [-0.2, 0) is 0 Å². The average Bonchev–Trinajstić information content (AvgIpc) is 2.72. The molecule has 1 aromatic carbocycles. The zero-order valence-corrected chi connectivity index (χ0v) is 9.79. The first-order valence-corrected chi connectivity index (χ1v) is 5.81. The Morgan fingerprint density at radius 1 is 1.38 bits per heavy atom. The summed E-state index contributed by atoms with van der Waals surface area (Å²) in [6.45, 7) is 1.76. The van der Waals surface area contributed by atoms with Crippen molar-refractivity contribution in [3.8, 4) is 5.75 Å². The van der Waals surface area contributed by atoms with E-state index in [1.165, 1.54) is 0 Å². The molecule has 88 valence electrons. The van der Waals surface area contributed by atoms with Gasteiger partial charge in [-0.05, 0) is 44.9 Å². The lowest BCUT2D eigenvalue weighted by molar-refractivity contribution is 0.171. The maximum Gasteiger partial charge on any atom is 0.167 e. The van der Waals surface area contributed by atoms with Crippen molar-refractivity contribution in [2.75, 3.05) is 7.05 Å². The van der Waals surface area contributed by atoms with Gasteiger partial charge in [-0.15, -0.1) is 0 Å². The number of hydrogen-bond donors (Lipinski definition) is 1. The minimum atomic E-state index is -0.232. The van der Waals surface area contributed by atoms with E-state index in [1.54, 1.807) is 19.1 Å². The van der Waals surface area contributed by atoms with Crippen molar-refractivity contribution < 1.29 is 9.13 Å². The second-order valence-corrected chi connectivity index (χ2v) is 4.37. The minimum absolute atomic E-state index is 0.0984. The molecule has 1 aliphatic carbocycles. The molecule has 16 heavy (non-hydrogen) atoms. The Morgan fingerprint density at radius 2 is 2.19 bits per heavy atom. The summed E-state index contributed by atoms with van der Waals surface area (Å²) in [4.78, 5) is 0. The van der Waals surface area contributed by atoms with Gasteiger partial charge in [-0.3, -0.25) is 0 Å². The largest absolute Gasteiger partial charge is 0.486 e. The van der Waals surface area contributed by atoms with Crippen LogP contribution in [0.15, 0.2) is 18.2 Å². The van der Waals surface area contributed by atoms with Gasteiger partial charge in [-0.1, -0.05) is 12.1 Å². The maximum absolute atomic E-state index is 13.7. The monoisotopic (exact) mass is 223 g/mol. The van der Waals surface area contributed by atoms with E-state index in [0.29, 0.717) is 17.4 Å². The SMILES string of the molecule is CNC1CCCC1Oc1cccc(C)c1F. The van der Waals surface area contributed by atoms with Crippen LogP contribution in [0.1, 0.15) is 24.8 Å². The van der Waals surface area contributed by atoms with Crippen molar-refractivity contribution in [2.45, 2.75) is 38.3 Å². The molecule has 0 heterocycles.